The lowest BCUT2D eigenvalue weighted by atomic mass is 9.92. The molecule has 0 saturated carbocycles. The van der Waals surface area contributed by atoms with E-state index in [1.807, 2.05) is 13.0 Å². The number of benzene rings is 2. The van der Waals surface area contributed by atoms with Gasteiger partial charge in [-0.3, -0.25) is 4.79 Å². The Morgan fingerprint density at radius 3 is 2.62 bits per heavy atom. The molecule has 0 aliphatic heterocycles. The fraction of sp³-hybridized carbons (Fsp3) is 0.292. The molecule has 0 bridgehead atoms. The molecule has 2 aromatic carbocycles. The van der Waals surface area contributed by atoms with Crippen molar-refractivity contribution in [2.75, 3.05) is 0 Å². The highest BCUT2D eigenvalue weighted by molar-refractivity contribution is 6.34. The monoisotopic (exact) mass is 448 g/mol. The molecule has 1 heterocycles. The van der Waals surface area contributed by atoms with Gasteiger partial charge in [-0.2, -0.15) is 5.26 Å². The van der Waals surface area contributed by atoms with E-state index in [1.54, 1.807) is 44.2 Å². The highest BCUT2D eigenvalue weighted by atomic mass is 35.5. The SMILES string of the molecule is [C-]#[N+]c1ccc(C[C@@H](c2nnc(-c3ccc(C#N)cc3)o2)[C@H](C)OC(=O)CC)c(C)c1Cl. The minimum Gasteiger partial charge on any atom is -0.462 e. The molecular formula is C24H21ClN4O3. The molecular weight excluding hydrogens is 428 g/mol. The Balaban J connectivity index is 1.96. The summed E-state index contributed by atoms with van der Waals surface area (Å²) in [4.78, 5) is 15.4. The second-order valence-corrected chi connectivity index (χ2v) is 7.67. The topological polar surface area (TPSA) is 93.4 Å². The highest BCUT2D eigenvalue weighted by Gasteiger charge is 2.29. The van der Waals surface area contributed by atoms with Gasteiger partial charge in [0.15, 0.2) is 0 Å². The molecule has 0 saturated heterocycles. The van der Waals surface area contributed by atoms with Gasteiger partial charge in [0, 0.05) is 12.0 Å². The van der Waals surface area contributed by atoms with Gasteiger partial charge in [0.25, 0.3) is 0 Å². The molecule has 3 rings (SSSR count). The molecule has 0 amide bonds. The van der Waals surface area contributed by atoms with Crippen LogP contribution < -0.4 is 0 Å². The summed E-state index contributed by atoms with van der Waals surface area (Å²) in [5, 5.41) is 17.7. The van der Waals surface area contributed by atoms with Crippen LogP contribution in [0.3, 0.4) is 0 Å². The number of aromatic nitrogens is 2. The summed E-state index contributed by atoms with van der Waals surface area (Å²) in [5.41, 5.74) is 3.27. The number of nitrogens with zero attached hydrogens (tertiary/aromatic N) is 4. The van der Waals surface area contributed by atoms with E-state index < -0.39 is 12.0 Å². The van der Waals surface area contributed by atoms with E-state index in [2.05, 4.69) is 21.1 Å². The van der Waals surface area contributed by atoms with Crippen LogP contribution in [0.1, 0.15) is 48.8 Å². The zero-order chi connectivity index (χ0) is 23.3. The minimum absolute atomic E-state index is 0.252. The second-order valence-electron chi connectivity index (χ2n) is 7.29. The van der Waals surface area contributed by atoms with Crippen molar-refractivity contribution >= 4 is 23.3 Å². The van der Waals surface area contributed by atoms with E-state index in [4.69, 9.17) is 32.6 Å². The average Bonchev–Trinajstić information content (AvgIpc) is 3.29. The van der Waals surface area contributed by atoms with Gasteiger partial charge in [0.1, 0.15) is 6.10 Å². The van der Waals surface area contributed by atoms with Crippen LogP contribution in [-0.2, 0) is 16.0 Å². The van der Waals surface area contributed by atoms with Gasteiger partial charge in [0.05, 0.1) is 29.1 Å². The van der Waals surface area contributed by atoms with E-state index in [1.165, 1.54) is 0 Å². The third-order valence-electron chi connectivity index (χ3n) is 5.23. The maximum atomic E-state index is 11.9. The van der Waals surface area contributed by atoms with Crippen molar-refractivity contribution in [2.24, 2.45) is 0 Å². The molecule has 7 nitrogen and oxygen atoms in total. The van der Waals surface area contributed by atoms with Crippen LogP contribution in [0, 0.1) is 24.8 Å². The van der Waals surface area contributed by atoms with Crippen molar-refractivity contribution < 1.29 is 13.9 Å². The first-order valence-corrected chi connectivity index (χ1v) is 10.4. The van der Waals surface area contributed by atoms with Crippen LogP contribution in [-0.4, -0.2) is 22.3 Å². The van der Waals surface area contributed by atoms with E-state index >= 15 is 0 Å². The average molecular weight is 449 g/mol. The number of carbonyl (C=O) groups is 1. The summed E-state index contributed by atoms with van der Waals surface area (Å²) >= 11 is 6.35. The molecule has 1 aromatic heterocycles. The van der Waals surface area contributed by atoms with Crippen LogP contribution in [0.15, 0.2) is 40.8 Å². The molecule has 2 atom stereocenters. The molecule has 0 aliphatic carbocycles. The maximum absolute atomic E-state index is 11.9. The number of hydrogen-bond donors (Lipinski definition) is 0. The zero-order valence-corrected chi connectivity index (χ0v) is 18.7. The Morgan fingerprint density at radius 1 is 1.28 bits per heavy atom. The van der Waals surface area contributed by atoms with Crippen molar-refractivity contribution in [3.05, 3.63) is 75.4 Å². The molecule has 8 heteroatoms. The Bertz CT molecular complexity index is 1210. The molecule has 0 N–H and O–H groups in total. The van der Waals surface area contributed by atoms with Crippen LogP contribution in [0.25, 0.3) is 16.3 Å². The van der Waals surface area contributed by atoms with E-state index in [-0.39, 0.29) is 12.4 Å². The molecule has 0 aliphatic rings. The van der Waals surface area contributed by atoms with E-state index in [0.29, 0.717) is 40.0 Å². The third-order valence-corrected chi connectivity index (χ3v) is 5.71. The highest BCUT2D eigenvalue weighted by Crippen LogP contribution is 2.35. The van der Waals surface area contributed by atoms with E-state index in [9.17, 15) is 4.79 Å². The summed E-state index contributed by atoms with van der Waals surface area (Å²) in [7, 11) is 0. The lowest BCUT2D eigenvalue weighted by Gasteiger charge is -2.22. The van der Waals surface area contributed by atoms with Gasteiger partial charge in [0.2, 0.25) is 17.5 Å². The van der Waals surface area contributed by atoms with Gasteiger partial charge >= 0.3 is 5.97 Å². The Morgan fingerprint density at radius 2 is 2.00 bits per heavy atom. The maximum Gasteiger partial charge on any atom is 0.305 e. The van der Waals surface area contributed by atoms with Gasteiger partial charge in [-0.05, 0) is 55.7 Å². The summed E-state index contributed by atoms with van der Waals surface area (Å²) < 4.78 is 11.5. The van der Waals surface area contributed by atoms with Crippen molar-refractivity contribution in [3.63, 3.8) is 0 Å². The summed E-state index contributed by atoms with van der Waals surface area (Å²) in [6.07, 6.45) is 0.147. The largest absolute Gasteiger partial charge is 0.462 e. The third kappa shape index (κ3) is 4.96. The Kier molecular flexibility index (Phi) is 7.25. The number of hydrogen-bond acceptors (Lipinski definition) is 6. The minimum atomic E-state index is -0.532. The Labute approximate surface area is 191 Å². The van der Waals surface area contributed by atoms with Crippen molar-refractivity contribution in [1.82, 2.24) is 10.2 Å². The quantitative estimate of drug-likeness (QED) is 0.335. The fourth-order valence-electron chi connectivity index (χ4n) is 3.27. The zero-order valence-electron chi connectivity index (χ0n) is 17.9. The van der Waals surface area contributed by atoms with Gasteiger partial charge in [-0.15, -0.1) is 10.2 Å². The van der Waals surface area contributed by atoms with Crippen LogP contribution in [0.4, 0.5) is 5.69 Å². The van der Waals surface area contributed by atoms with Gasteiger partial charge in [-0.25, -0.2) is 4.85 Å². The summed E-state index contributed by atoms with van der Waals surface area (Å²) in [6.45, 7) is 12.6. The first-order valence-electron chi connectivity index (χ1n) is 10.1. The summed E-state index contributed by atoms with van der Waals surface area (Å²) in [6, 6.07) is 12.4. The van der Waals surface area contributed by atoms with Gasteiger partial charge in [-0.1, -0.05) is 30.7 Å². The molecule has 0 unspecified atom stereocenters. The Hall–Kier alpha value is -3.68. The standard InChI is InChI=1S/C24H21ClN4O3/c1-5-21(30)31-15(3)19(12-18-10-11-20(27-4)22(25)14(18)2)24-29-28-23(32-24)17-8-6-16(13-26)7-9-17/h6-11,15,19H,5,12H2,1-3H3/t15-,19+/m0/s1. The first kappa shape index (κ1) is 23.0. The number of rotatable bonds is 7. The number of halogens is 1. The van der Waals surface area contributed by atoms with Crippen LogP contribution >= 0.6 is 11.6 Å². The lowest BCUT2D eigenvalue weighted by Crippen LogP contribution is -2.24. The van der Waals surface area contributed by atoms with E-state index in [0.717, 1.165) is 11.1 Å². The molecule has 0 fully saturated rings. The molecule has 0 spiro atoms. The normalized spacial score (nSPS) is 12.4. The number of esters is 1. The number of nitriles is 1. The second kappa shape index (κ2) is 10.1. The lowest BCUT2D eigenvalue weighted by molar-refractivity contribution is -0.149. The molecule has 0 radical (unpaired) electrons. The fourth-order valence-corrected chi connectivity index (χ4v) is 3.50. The first-order chi connectivity index (χ1) is 15.4. The number of carbonyl (C=O) groups excluding carboxylic acids is 1. The molecule has 32 heavy (non-hydrogen) atoms. The smallest absolute Gasteiger partial charge is 0.305 e. The van der Waals surface area contributed by atoms with Crippen LogP contribution in [0.5, 0.6) is 0 Å². The molecule has 3 aromatic rings. The van der Waals surface area contributed by atoms with Crippen LogP contribution in [0.2, 0.25) is 5.02 Å². The van der Waals surface area contributed by atoms with Gasteiger partial charge < -0.3 is 9.15 Å². The van der Waals surface area contributed by atoms with Crippen molar-refractivity contribution in [1.29, 1.82) is 5.26 Å². The summed E-state index contributed by atoms with van der Waals surface area (Å²) in [5.74, 6) is -0.113. The molecule has 162 valence electrons. The van der Waals surface area contributed by atoms with Crippen molar-refractivity contribution in [3.8, 4) is 17.5 Å². The van der Waals surface area contributed by atoms with Crippen molar-refractivity contribution in [2.45, 2.75) is 45.6 Å². The predicted octanol–water partition coefficient (Wildman–Crippen LogP) is 5.79. The predicted molar refractivity (Wildman–Crippen MR) is 119 cm³/mol. The number of ether oxygens (including phenoxy) is 1.